The molecule has 0 heterocycles. The SMILES string of the molecule is COc1cc(OC)c(C(=O)Oc2ccc(-c3ccc(OC(=O)c4cc(OC)c(OC)cc4OC)cc3)cc2)cc1OC. The molecular formula is C32H30O10. The van der Waals surface area contributed by atoms with Crippen LogP contribution in [-0.4, -0.2) is 54.6 Å². The van der Waals surface area contributed by atoms with Crippen LogP contribution in [0.5, 0.6) is 46.0 Å². The summed E-state index contributed by atoms with van der Waals surface area (Å²) in [4.78, 5) is 25.8. The Morgan fingerprint density at radius 1 is 0.405 bits per heavy atom. The number of rotatable bonds is 11. The first-order chi connectivity index (χ1) is 20.3. The molecule has 10 nitrogen and oxygen atoms in total. The average Bonchev–Trinajstić information content (AvgIpc) is 3.03. The zero-order chi connectivity index (χ0) is 30.2. The number of methoxy groups -OCH3 is 6. The van der Waals surface area contributed by atoms with Crippen molar-refractivity contribution in [1.29, 1.82) is 0 Å². The standard InChI is InChI=1S/C32H30O10/c1-35-25-17-29(39-5)27(37-3)15-23(25)31(33)41-21-11-7-19(8-12-21)20-9-13-22(14-10-20)42-32(34)24-16-28(38-4)30(40-6)18-26(24)36-2/h7-18H,1-6H3. The number of hydrogen-bond acceptors (Lipinski definition) is 10. The largest absolute Gasteiger partial charge is 0.496 e. The maximum atomic E-state index is 12.9. The van der Waals surface area contributed by atoms with Crippen molar-refractivity contribution >= 4 is 11.9 Å². The molecule has 0 aromatic heterocycles. The molecule has 0 fully saturated rings. The second-order valence-electron chi connectivity index (χ2n) is 8.64. The fourth-order valence-corrected chi connectivity index (χ4v) is 4.13. The quantitative estimate of drug-likeness (QED) is 0.160. The van der Waals surface area contributed by atoms with Crippen LogP contribution in [0.4, 0.5) is 0 Å². The second-order valence-corrected chi connectivity index (χ2v) is 8.64. The number of esters is 2. The Bertz CT molecular complexity index is 1440. The molecule has 0 radical (unpaired) electrons. The Kier molecular flexibility index (Phi) is 9.39. The zero-order valence-electron chi connectivity index (χ0n) is 24.0. The van der Waals surface area contributed by atoms with E-state index in [1.807, 2.05) is 24.3 Å². The number of hydrogen-bond donors (Lipinski definition) is 0. The Hall–Kier alpha value is -5.38. The monoisotopic (exact) mass is 574 g/mol. The van der Waals surface area contributed by atoms with Gasteiger partial charge in [-0.1, -0.05) is 24.3 Å². The molecule has 0 aliphatic carbocycles. The van der Waals surface area contributed by atoms with Crippen LogP contribution in [0.2, 0.25) is 0 Å². The van der Waals surface area contributed by atoms with Gasteiger partial charge in [-0.25, -0.2) is 9.59 Å². The Morgan fingerprint density at radius 3 is 0.976 bits per heavy atom. The molecule has 10 heteroatoms. The molecule has 0 spiro atoms. The maximum absolute atomic E-state index is 12.9. The summed E-state index contributed by atoms with van der Waals surface area (Å²) in [5.74, 6) is 1.64. The van der Waals surface area contributed by atoms with E-state index in [0.29, 0.717) is 46.0 Å². The van der Waals surface area contributed by atoms with Gasteiger partial charge in [0.1, 0.15) is 34.1 Å². The summed E-state index contributed by atoms with van der Waals surface area (Å²) in [6.45, 7) is 0. The summed E-state index contributed by atoms with van der Waals surface area (Å²) >= 11 is 0. The van der Waals surface area contributed by atoms with Crippen molar-refractivity contribution in [1.82, 2.24) is 0 Å². The van der Waals surface area contributed by atoms with Gasteiger partial charge < -0.3 is 37.9 Å². The van der Waals surface area contributed by atoms with Crippen molar-refractivity contribution in [3.05, 3.63) is 83.9 Å². The van der Waals surface area contributed by atoms with E-state index in [2.05, 4.69) is 0 Å². The van der Waals surface area contributed by atoms with Gasteiger partial charge in [-0.3, -0.25) is 0 Å². The van der Waals surface area contributed by atoms with Gasteiger partial charge >= 0.3 is 11.9 Å². The van der Waals surface area contributed by atoms with E-state index in [0.717, 1.165) is 11.1 Å². The third-order valence-corrected chi connectivity index (χ3v) is 6.31. The lowest BCUT2D eigenvalue weighted by molar-refractivity contribution is 0.0721. The predicted molar refractivity (Wildman–Crippen MR) is 154 cm³/mol. The van der Waals surface area contributed by atoms with Crippen LogP contribution in [0.1, 0.15) is 20.7 Å². The van der Waals surface area contributed by atoms with Gasteiger partial charge in [0.2, 0.25) is 0 Å². The molecule has 0 amide bonds. The molecule has 0 saturated carbocycles. The van der Waals surface area contributed by atoms with Gasteiger partial charge in [0.15, 0.2) is 23.0 Å². The summed E-state index contributed by atoms with van der Waals surface area (Å²) in [5.41, 5.74) is 2.10. The molecular weight excluding hydrogens is 544 g/mol. The van der Waals surface area contributed by atoms with Crippen molar-refractivity contribution in [3.63, 3.8) is 0 Å². The first kappa shape index (κ1) is 29.6. The van der Waals surface area contributed by atoms with Crippen molar-refractivity contribution in [2.45, 2.75) is 0 Å². The number of carbonyl (C=O) groups is 2. The van der Waals surface area contributed by atoms with Crippen LogP contribution >= 0.6 is 0 Å². The minimum atomic E-state index is -0.613. The smallest absolute Gasteiger partial charge is 0.347 e. The highest BCUT2D eigenvalue weighted by molar-refractivity contribution is 5.96. The minimum absolute atomic E-state index is 0.190. The molecule has 0 atom stereocenters. The molecule has 42 heavy (non-hydrogen) atoms. The molecule has 218 valence electrons. The molecule has 0 N–H and O–H groups in total. The Morgan fingerprint density at radius 2 is 0.690 bits per heavy atom. The van der Waals surface area contributed by atoms with Gasteiger partial charge in [0, 0.05) is 24.3 Å². The normalized spacial score (nSPS) is 10.3. The average molecular weight is 575 g/mol. The molecule has 0 saturated heterocycles. The first-order valence-corrected chi connectivity index (χ1v) is 12.6. The maximum Gasteiger partial charge on any atom is 0.347 e. The summed E-state index contributed by atoms with van der Waals surface area (Å²) in [6.07, 6.45) is 0. The molecule has 0 aliphatic rings. The second kappa shape index (κ2) is 13.3. The van der Waals surface area contributed by atoms with Crippen LogP contribution in [0.3, 0.4) is 0 Å². The molecule has 0 bridgehead atoms. The van der Waals surface area contributed by atoms with Crippen LogP contribution in [-0.2, 0) is 0 Å². The van der Waals surface area contributed by atoms with E-state index in [-0.39, 0.29) is 11.1 Å². The summed E-state index contributed by atoms with van der Waals surface area (Å²) in [7, 11) is 8.84. The molecule has 0 aliphatic heterocycles. The lowest BCUT2D eigenvalue weighted by Crippen LogP contribution is -2.11. The van der Waals surface area contributed by atoms with Crippen LogP contribution in [0.15, 0.2) is 72.8 Å². The van der Waals surface area contributed by atoms with E-state index < -0.39 is 11.9 Å². The third kappa shape index (κ3) is 6.33. The number of ether oxygens (including phenoxy) is 8. The van der Waals surface area contributed by atoms with Crippen molar-refractivity contribution in [2.24, 2.45) is 0 Å². The predicted octanol–water partition coefficient (Wildman–Crippen LogP) is 5.84. The van der Waals surface area contributed by atoms with Gasteiger partial charge in [-0.2, -0.15) is 0 Å². The van der Waals surface area contributed by atoms with E-state index >= 15 is 0 Å². The van der Waals surface area contributed by atoms with E-state index in [1.165, 1.54) is 54.8 Å². The molecule has 4 aromatic carbocycles. The number of benzene rings is 4. The highest BCUT2D eigenvalue weighted by atomic mass is 16.5. The fraction of sp³-hybridized carbons (Fsp3) is 0.188. The first-order valence-electron chi connectivity index (χ1n) is 12.6. The van der Waals surface area contributed by atoms with Crippen LogP contribution in [0.25, 0.3) is 11.1 Å². The Balaban J connectivity index is 1.46. The van der Waals surface area contributed by atoms with Gasteiger partial charge in [0.05, 0.1) is 42.7 Å². The lowest BCUT2D eigenvalue weighted by atomic mass is 10.1. The molecule has 4 aromatic rings. The van der Waals surface area contributed by atoms with E-state index in [1.54, 1.807) is 36.4 Å². The van der Waals surface area contributed by atoms with E-state index in [9.17, 15) is 9.59 Å². The van der Waals surface area contributed by atoms with Crippen LogP contribution < -0.4 is 37.9 Å². The molecule has 0 unspecified atom stereocenters. The van der Waals surface area contributed by atoms with E-state index in [4.69, 9.17) is 37.9 Å². The van der Waals surface area contributed by atoms with Gasteiger partial charge in [0.25, 0.3) is 0 Å². The zero-order valence-corrected chi connectivity index (χ0v) is 24.0. The van der Waals surface area contributed by atoms with Crippen molar-refractivity contribution in [3.8, 4) is 57.1 Å². The third-order valence-electron chi connectivity index (χ3n) is 6.31. The lowest BCUT2D eigenvalue weighted by Gasteiger charge is -2.14. The van der Waals surface area contributed by atoms with Gasteiger partial charge in [-0.15, -0.1) is 0 Å². The topological polar surface area (TPSA) is 108 Å². The van der Waals surface area contributed by atoms with Crippen molar-refractivity contribution in [2.75, 3.05) is 42.7 Å². The molecule has 4 rings (SSSR count). The van der Waals surface area contributed by atoms with Gasteiger partial charge in [-0.05, 0) is 35.4 Å². The minimum Gasteiger partial charge on any atom is -0.496 e. The summed E-state index contributed by atoms with van der Waals surface area (Å²) in [6, 6.07) is 20.1. The number of carbonyl (C=O) groups excluding carboxylic acids is 2. The Labute approximate surface area is 243 Å². The fourth-order valence-electron chi connectivity index (χ4n) is 4.13. The highest BCUT2D eigenvalue weighted by Crippen LogP contribution is 2.36. The van der Waals surface area contributed by atoms with Crippen molar-refractivity contribution < 1.29 is 47.5 Å². The highest BCUT2D eigenvalue weighted by Gasteiger charge is 2.21. The summed E-state index contributed by atoms with van der Waals surface area (Å²) in [5, 5.41) is 0. The summed E-state index contributed by atoms with van der Waals surface area (Å²) < 4.78 is 42.9. The van der Waals surface area contributed by atoms with Crippen LogP contribution in [0, 0.1) is 0 Å².